The topological polar surface area (TPSA) is 61.4 Å². The Morgan fingerprint density at radius 2 is 1.59 bits per heavy atom. The van der Waals surface area contributed by atoms with Crippen LogP contribution >= 0.6 is 0 Å². The molecule has 0 radical (unpaired) electrons. The Morgan fingerprint density at radius 1 is 0.963 bits per heavy atom. The minimum Gasteiger partial charge on any atom is -0.345 e. The summed E-state index contributed by atoms with van der Waals surface area (Å²) in [6, 6.07) is 18.9. The van der Waals surface area contributed by atoms with Crippen molar-refractivity contribution < 1.29 is 9.59 Å². The quantitative estimate of drug-likeness (QED) is 0.826. The minimum absolute atomic E-state index is 0.0143. The maximum Gasteiger partial charge on any atom is 0.321 e. The van der Waals surface area contributed by atoms with Gasteiger partial charge in [0.05, 0.1) is 6.54 Å². The van der Waals surface area contributed by atoms with Crippen molar-refractivity contribution in [1.82, 2.24) is 10.2 Å². The molecule has 0 saturated carbocycles. The number of carbonyl (C=O) groups is 2. The van der Waals surface area contributed by atoms with Gasteiger partial charge in [0.2, 0.25) is 5.91 Å². The van der Waals surface area contributed by atoms with E-state index in [2.05, 4.69) is 22.5 Å². The van der Waals surface area contributed by atoms with Crippen LogP contribution in [0.15, 0.2) is 60.7 Å². The van der Waals surface area contributed by atoms with Crippen molar-refractivity contribution in [3.63, 3.8) is 0 Å². The number of hydrogen-bond donors (Lipinski definition) is 2. The van der Waals surface area contributed by atoms with Crippen molar-refractivity contribution in [3.05, 3.63) is 66.2 Å². The van der Waals surface area contributed by atoms with Crippen LogP contribution in [0.2, 0.25) is 0 Å². The van der Waals surface area contributed by atoms with Gasteiger partial charge in [0.1, 0.15) is 0 Å². The average molecular weight is 361 g/mol. The van der Waals surface area contributed by atoms with Gasteiger partial charge in [0, 0.05) is 30.3 Å². The first kappa shape index (κ1) is 18.5. The highest BCUT2D eigenvalue weighted by Crippen LogP contribution is 2.18. The van der Waals surface area contributed by atoms with E-state index in [1.54, 1.807) is 4.90 Å². The molecule has 2 N–H and O–H groups in total. The molecule has 3 rings (SSSR count). The largest absolute Gasteiger partial charge is 0.345 e. The van der Waals surface area contributed by atoms with Gasteiger partial charge in [-0.25, -0.2) is 4.79 Å². The number of urea groups is 1. The lowest BCUT2D eigenvalue weighted by molar-refractivity contribution is -0.125. The molecule has 0 spiro atoms. The lowest BCUT2D eigenvalue weighted by atomic mass is 9.96. The first-order valence-corrected chi connectivity index (χ1v) is 9.15. The summed E-state index contributed by atoms with van der Waals surface area (Å²) in [6.07, 6.45) is 1.33. The summed E-state index contributed by atoms with van der Waals surface area (Å²) >= 11 is 0. The maximum atomic E-state index is 12.3. The number of amides is 3. The Labute approximate surface area is 159 Å². The van der Waals surface area contributed by atoms with E-state index < -0.39 is 0 Å². The fraction of sp³-hybridized carbons (Fsp3) is 0.273. The predicted molar refractivity (Wildman–Crippen MR) is 106 cm³/mol. The van der Waals surface area contributed by atoms with E-state index in [1.165, 1.54) is 0 Å². The van der Waals surface area contributed by atoms with Crippen molar-refractivity contribution in [2.24, 2.45) is 5.92 Å². The average Bonchev–Trinajstić information content (AvgIpc) is 2.72. The zero-order valence-electron chi connectivity index (χ0n) is 15.2. The Morgan fingerprint density at radius 3 is 2.26 bits per heavy atom. The van der Waals surface area contributed by atoms with Crippen LogP contribution in [-0.4, -0.2) is 36.5 Å². The van der Waals surface area contributed by atoms with E-state index in [9.17, 15) is 9.59 Å². The third-order valence-electron chi connectivity index (χ3n) is 4.54. The van der Waals surface area contributed by atoms with Crippen molar-refractivity contribution in [1.29, 1.82) is 0 Å². The number of nitrogens with zero attached hydrogens (tertiary/aromatic N) is 1. The molecule has 0 aromatic heterocycles. The summed E-state index contributed by atoms with van der Waals surface area (Å²) < 4.78 is 0. The summed E-state index contributed by atoms with van der Waals surface area (Å²) in [5.74, 6) is 5.94. The molecule has 1 fully saturated rings. The van der Waals surface area contributed by atoms with Gasteiger partial charge in [-0.2, -0.15) is 0 Å². The lowest BCUT2D eigenvalue weighted by Gasteiger charge is -2.31. The first-order chi connectivity index (χ1) is 13.2. The fourth-order valence-electron chi connectivity index (χ4n) is 3.01. The van der Waals surface area contributed by atoms with Crippen LogP contribution in [-0.2, 0) is 4.79 Å². The molecule has 0 atom stereocenters. The molecule has 0 bridgehead atoms. The van der Waals surface area contributed by atoms with Crippen molar-refractivity contribution in [2.75, 3.05) is 25.0 Å². The Balaban J connectivity index is 1.40. The highest BCUT2D eigenvalue weighted by Gasteiger charge is 2.27. The normalized spacial score (nSPS) is 14.0. The number of piperidine rings is 1. The molecule has 1 aliphatic rings. The lowest BCUT2D eigenvalue weighted by Crippen LogP contribution is -2.44. The second kappa shape index (κ2) is 9.44. The molecular weight excluding hydrogens is 338 g/mol. The SMILES string of the molecule is O=C(NCC#Cc1ccccc1)C1CCN(C(=O)Nc2ccccc2)CC1. The number of rotatable bonds is 3. The summed E-state index contributed by atoms with van der Waals surface area (Å²) in [6.45, 7) is 1.49. The van der Waals surface area contributed by atoms with Gasteiger partial charge in [0.25, 0.3) is 0 Å². The van der Waals surface area contributed by atoms with Crippen LogP contribution < -0.4 is 10.6 Å². The summed E-state index contributed by atoms with van der Waals surface area (Å²) in [5, 5.41) is 5.76. The third-order valence-corrected chi connectivity index (χ3v) is 4.54. The van der Waals surface area contributed by atoms with Gasteiger partial charge in [-0.15, -0.1) is 0 Å². The van der Waals surface area contributed by atoms with Crippen LogP contribution in [0.25, 0.3) is 0 Å². The standard InChI is InChI=1S/C22H23N3O2/c26-21(23-15-7-10-18-8-3-1-4-9-18)19-13-16-25(17-14-19)22(27)24-20-11-5-2-6-12-20/h1-6,8-9,11-12,19H,13-17H2,(H,23,26)(H,24,27). The van der Waals surface area contributed by atoms with E-state index in [-0.39, 0.29) is 17.9 Å². The number of benzene rings is 2. The smallest absolute Gasteiger partial charge is 0.321 e. The number of anilines is 1. The van der Waals surface area contributed by atoms with Gasteiger partial charge in [0.15, 0.2) is 0 Å². The number of nitrogens with one attached hydrogen (secondary N) is 2. The van der Waals surface area contributed by atoms with Gasteiger partial charge < -0.3 is 15.5 Å². The summed E-state index contributed by atoms with van der Waals surface area (Å²) in [4.78, 5) is 26.3. The Hall–Kier alpha value is -3.26. The molecule has 0 unspecified atom stereocenters. The summed E-state index contributed by atoms with van der Waals surface area (Å²) in [7, 11) is 0. The van der Waals surface area contributed by atoms with E-state index in [0.717, 1.165) is 11.3 Å². The molecule has 5 nitrogen and oxygen atoms in total. The van der Waals surface area contributed by atoms with Crippen LogP contribution in [0.1, 0.15) is 18.4 Å². The molecule has 3 amide bonds. The minimum atomic E-state index is -0.117. The highest BCUT2D eigenvalue weighted by atomic mass is 16.2. The number of para-hydroxylation sites is 1. The number of carbonyl (C=O) groups excluding carboxylic acids is 2. The highest BCUT2D eigenvalue weighted by molar-refractivity contribution is 5.89. The number of hydrogen-bond acceptors (Lipinski definition) is 2. The third kappa shape index (κ3) is 5.61. The summed E-state index contributed by atoms with van der Waals surface area (Å²) in [5.41, 5.74) is 1.71. The van der Waals surface area contributed by atoms with Crippen LogP contribution in [0.4, 0.5) is 10.5 Å². The second-order valence-electron chi connectivity index (χ2n) is 6.44. The van der Waals surface area contributed by atoms with E-state index in [4.69, 9.17) is 0 Å². The molecular formula is C22H23N3O2. The van der Waals surface area contributed by atoms with Gasteiger partial charge in [-0.05, 0) is 37.1 Å². The van der Waals surface area contributed by atoms with E-state index in [1.807, 2.05) is 60.7 Å². The van der Waals surface area contributed by atoms with E-state index >= 15 is 0 Å². The van der Waals surface area contributed by atoms with E-state index in [0.29, 0.717) is 32.5 Å². The van der Waals surface area contributed by atoms with Crippen LogP contribution in [0.3, 0.4) is 0 Å². The van der Waals surface area contributed by atoms with Crippen LogP contribution in [0, 0.1) is 17.8 Å². The monoisotopic (exact) mass is 361 g/mol. The zero-order chi connectivity index (χ0) is 18.9. The van der Waals surface area contributed by atoms with Crippen LogP contribution in [0.5, 0.6) is 0 Å². The second-order valence-corrected chi connectivity index (χ2v) is 6.44. The molecule has 27 heavy (non-hydrogen) atoms. The number of likely N-dealkylation sites (tertiary alicyclic amines) is 1. The van der Waals surface area contributed by atoms with Crippen molar-refractivity contribution in [3.8, 4) is 11.8 Å². The molecule has 1 heterocycles. The van der Waals surface area contributed by atoms with Gasteiger partial charge >= 0.3 is 6.03 Å². The predicted octanol–water partition coefficient (Wildman–Crippen LogP) is 3.10. The molecule has 1 aliphatic heterocycles. The first-order valence-electron chi connectivity index (χ1n) is 9.15. The molecule has 138 valence electrons. The molecule has 0 aliphatic carbocycles. The Kier molecular flexibility index (Phi) is 6.48. The van der Waals surface area contributed by atoms with Gasteiger partial charge in [-0.1, -0.05) is 48.2 Å². The van der Waals surface area contributed by atoms with Crippen molar-refractivity contribution >= 4 is 17.6 Å². The maximum absolute atomic E-state index is 12.3. The molecule has 5 heteroatoms. The fourth-order valence-corrected chi connectivity index (χ4v) is 3.01. The molecule has 1 saturated heterocycles. The van der Waals surface area contributed by atoms with Crippen molar-refractivity contribution in [2.45, 2.75) is 12.8 Å². The Bertz CT molecular complexity index is 817. The zero-order valence-corrected chi connectivity index (χ0v) is 15.2. The van der Waals surface area contributed by atoms with Gasteiger partial charge in [-0.3, -0.25) is 4.79 Å². The molecule has 2 aromatic rings. The molecule has 2 aromatic carbocycles.